The summed E-state index contributed by atoms with van der Waals surface area (Å²) in [7, 11) is 1.68. The number of rotatable bonds is 6. The maximum Gasteiger partial charge on any atom is 0.143 e. The van der Waals surface area contributed by atoms with Crippen LogP contribution in [-0.2, 0) is 0 Å². The first-order valence-corrected chi connectivity index (χ1v) is 9.63. The minimum absolute atomic E-state index is 0.122. The maximum atomic E-state index is 9.31. The number of aromatic nitrogens is 2. The van der Waals surface area contributed by atoms with Gasteiger partial charge in [-0.15, -0.1) is 0 Å². The SMILES string of the molecule is CNc1ncc(C(=N)c2cc(O[C@H](C)c3c(Cl)cncc3Cl)ccc2N)cc1C#N. The lowest BCUT2D eigenvalue weighted by atomic mass is 10.0. The molecule has 4 N–H and O–H groups in total. The standard InChI is InChI=1S/C21H18Cl2N6O/c1-11(19-16(22)9-28-10-17(19)23)30-14-3-4-18(25)15(6-14)20(26)13-5-12(7-24)21(27-2)29-8-13/h3-6,8-11,26H,25H2,1-2H3,(H,27,29)/t11-/m1/s1. The van der Waals surface area contributed by atoms with Gasteiger partial charge in [-0.2, -0.15) is 5.26 Å². The zero-order chi connectivity index (χ0) is 21.8. The van der Waals surface area contributed by atoms with Gasteiger partial charge in [0.1, 0.15) is 23.7 Å². The van der Waals surface area contributed by atoms with E-state index in [1.165, 1.54) is 18.6 Å². The number of halogens is 2. The van der Waals surface area contributed by atoms with E-state index >= 15 is 0 Å². The summed E-state index contributed by atoms with van der Waals surface area (Å²) >= 11 is 12.4. The number of pyridine rings is 2. The minimum Gasteiger partial charge on any atom is -0.486 e. The lowest BCUT2D eigenvalue weighted by Gasteiger charge is -2.18. The summed E-state index contributed by atoms with van der Waals surface area (Å²) < 4.78 is 6.00. The van der Waals surface area contributed by atoms with Crippen LogP contribution in [0.15, 0.2) is 42.9 Å². The van der Waals surface area contributed by atoms with Gasteiger partial charge in [-0.1, -0.05) is 23.2 Å². The van der Waals surface area contributed by atoms with Crippen molar-refractivity contribution in [1.82, 2.24) is 9.97 Å². The van der Waals surface area contributed by atoms with Crippen LogP contribution in [0, 0.1) is 16.7 Å². The predicted octanol–water partition coefficient (Wildman–Crippen LogP) is 4.84. The molecular formula is C21H18Cl2N6O. The molecule has 9 heteroatoms. The average molecular weight is 441 g/mol. The van der Waals surface area contributed by atoms with Gasteiger partial charge in [0, 0.05) is 48.0 Å². The van der Waals surface area contributed by atoms with Gasteiger partial charge < -0.3 is 15.8 Å². The van der Waals surface area contributed by atoms with Crippen LogP contribution >= 0.6 is 23.2 Å². The zero-order valence-corrected chi connectivity index (χ0v) is 17.7. The number of ether oxygens (including phenoxy) is 1. The van der Waals surface area contributed by atoms with Gasteiger partial charge in [0.05, 0.1) is 21.3 Å². The van der Waals surface area contributed by atoms with Crippen molar-refractivity contribution in [2.24, 2.45) is 0 Å². The van der Waals surface area contributed by atoms with Crippen molar-refractivity contribution in [3.8, 4) is 11.8 Å². The third-order valence-corrected chi connectivity index (χ3v) is 5.04. The largest absolute Gasteiger partial charge is 0.486 e. The molecule has 7 nitrogen and oxygen atoms in total. The van der Waals surface area contributed by atoms with E-state index in [1.807, 2.05) is 6.92 Å². The fourth-order valence-corrected chi connectivity index (χ4v) is 3.61. The number of hydrogen-bond donors (Lipinski definition) is 3. The Morgan fingerprint density at radius 1 is 1.23 bits per heavy atom. The van der Waals surface area contributed by atoms with E-state index in [-0.39, 0.29) is 5.71 Å². The molecule has 0 saturated heterocycles. The number of nitrogens with two attached hydrogens (primary N) is 1. The average Bonchev–Trinajstić information content (AvgIpc) is 2.74. The van der Waals surface area contributed by atoms with Crippen molar-refractivity contribution < 1.29 is 4.74 Å². The highest BCUT2D eigenvalue weighted by molar-refractivity contribution is 6.35. The summed E-state index contributed by atoms with van der Waals surface area (Å²) in [6, 6.07) is 8.68. The molecule has 0 fully saturated rings. The van der Waals surface area contributed by atoms with Crippen molar-refractivity contribution in [2.75, 3.05) is 18.1 Å². The van der Waals surface area contributed by atoms with Crippen LogP contribution in [0.1, 0.15) is 35.3 Å². The Balaban J connectivity index is 1.92. The van der Waals surface area contributed by atoms with Crippen molar-refractivity contribution >= 4 is 40.4 Å². The van der Waals surface area contributed by atoms with Gasteiger partial charge in [-0.3, -0.25) is 10.4 Å². The van der Waals surface area contributed by atoms with Gasteiger partial charge >= 0.3 is 0 Å². The van der Waals surface area contributed by atoms with Crippen molar-refractivity contribution in [1.29, 1.82) is 10.7 Å². The third-order valence-electron chi connectivity index (χ3n) is 4.44. The topological polar surface area (TPSA) is 121 Å². The molecular weight excluding hydrogens is 423 g/mol. The number of nitrogens with zero attached hydrogens (tertiary/aromatic N) is 3. The molecule has 0 aliphatic heterocycles. The van der Waals surface area contributed by atoms with Crippen LogP contribution in [0.3, 0.4) is 0 Å². The Kier molecular flexibility index (Phi) is 6.40. The highest BCUT2D eigenvalue weighted by Crippen LogP contribution is 2.33. The Bertz CT molecular complexity index is 1140. The molecule has 3 aromatic rings. The van der Waals surface area contributed by atoms with E-state index in [1.54, 1.807) is 31.3 Å². The van der Waals surface area contributed by atoms with Crippen molar-refractivity contribution in [3.63, 3.8) is 0 Å². The number of anilines is 2. The van der Waals surface area contributed by atoms with E-state index in [4.69, 9.17) is 39.1 Å². The molecule has 152 valence electrons. The Hall–Kier alpha value is -3.34. The molecule has 0 unspecified atom stereocenters. The van der Waals surface area contributed by atoms with E-state index in [9.17, 15) is 5.26 Å². The van der Waals surface area contributed by atoms with Gasteiger partial charge in [0.25, 0.3) is 0 Å². The van der Waals surface area contributed by atoms with E-state index in [0.717, 1.165) is 0 Å². The number of benzene rings is 1. The molecule has 0 bridgehead atoms. The Labute approximate surface area is 183 Å². The summed E-state index contributed by atoms with van der Waals surface area (Å²) in [6.45, 7) is 1.81. The third kappa shape index (κ3) is 4.30. The molecule has 30 heavy (non-hydrogen) atoms. The monoisotopic (exact) mass is 440 g/mol. The van der Waals surface area contributed by atoms with Gasteiger partial charge in [-0.25, -0.2) is 4.98 Å². The summed E-state index contributed by atoms with van der Waals surface area (Å²) in [4.78, 5) is 8.14. The molecule has 0 saturated carbocycles. The molecule has 0 aliphatic carbocycles. The number of nitriles is 1. The molecule has 2 aromatic heterocycles. The summed E-state index contributed by atoms with van der Waals surface area (Å²) in [5, 5.41) is 21.5. The van der Waals surface area contributed by atoms with Crippen LogP contribution in [0.4, 0.5) is 11.5 Å². The van der Waals surface area contributed by atoms with E-state index in [0.29, 0.717) is 49.6 Å². The Morgan fingerprint density at radius 3 is 2.57 bits per heavy atom. The lowest BCUT2D eigenvalue weighted by molar-refractivity contribution is 0.227. The first-order chi connectivity index (χ1) is 14.3. The second-order valence-corrected chi connectivity index (χ2v) is 7.20. The van der Waals surface area contributed by atoms with Crippen LogP contribution in [-0.4, -0.2) is 22.7 Å². The summed E-state index contributed by atoms with van der Waals surface area (Å²) in [6.07, 6.45) is 4.06. The number of nitrogens with one attached hydrogen (secondary N) is 2. The molecule has 0 spiro atoms. The van der Waals surface area contributed by atoms with Crippen molar-refractivity contribution in [2.45, 2.75) is 13.0 Å². The summed E-state index contributed by atoms with van der Waals surface area (Å²) in [5.41, 5.74) is 8.49. The van der Waals surface area contributed by atoms with Gasteiger partial charge in [0.2, 0.25) is 0 Å². The first kappa shape index (κ1) is 21.4. The highest BCUT2D eigenvalue weighted by Gasteiger charge is 2.18. The molecule has 3 rings (SSSR count). The van der Waals surface area contributed by atoms with Gasteiger partial charge in [-0.05, 0) is 31.2 Å². The number of hydrogen-bond acceptors (Lipinski definition) is 7. The molecule has 0 aliphatic rings. The van der Waals surface area contributed by atoms with Crippen LogP contribution in [0.25, 0.3) is 0 Å². The second kappa shape index (κ2) is 8.99. The Morgan fingerprint density at radius 2 is 1.93 bits per heavy atom. The molecule has 2 heterocycles. The second-order valence-electron chi connectivity index (χ2n) is 6.38. The fourth-order valence-electron chi connectivity index (χ4n) is 2.94. The van der Waals surface area contributed by atoms with Crippen LogP contribution < -0.4 is 15.8 Å². The van der Waals surface area contributed by atoms with Gasteiger partial charge in [0.15, 0.2) is 0 Å². The predicted molar refractivity (Wildman–Crippen MR) is 119 cm³/mol. The quantitative estimate of drug-likeness (QED) is 0.372. The first-order valence-electron chi connectivity index (χ1n) is 8.88. The van der Waals surface area contributed by atoms with Crippen LogP contribution in [0.5, 0.6) is 5.75 Å². The molecule has 0 amide bonds. The smallest absolute Gasteiger partial charge is 0.143 e. The highest BCUT2D eigenvalue weighted by atomic mass is 35.5. The minimum atomic E-state index is -0.458. The normalized spacial score (nSPS) is 11.4. The molecule has 0 radical (unpaired) electrons. The molecule has 1 atom stereocenters. The van der Waals surface area contributed by atoms with Crippen molar-refractivity contribution in [3.05, 3.63) is 75.2 Å². The maximum absolute atomic E-state index is 9.31. The van der Waals surface area contributed by atoms with E-state index < -0.39 is 6.10 Å². The zero-order valence-electron chi connectivity index (χ0n) is 16.2. The summed E-state index contributed by atoms with van der Waals surface area (Å²) in [5.74, 6) is 0.930. The number of nitrogen functional groups attached to an aromatic ring is 1. The lowest BCUT2D eigenvalue weighted by Crippen LogP contribution is -2.09. The van der Waals surface area contributed by atoms with E-state index in [2.05, 4.69) is 21.4 Å². The molecule has 1 aromatic carbocycles. The van der Waals surface area contributed by atoms with Crippen LogP contribution in [0.2, 0.25) is 10.0 Å². The fraction of sp³-hybridized carbons (Fsp3) is 0.143.